The molecule has 0 amide bonds. The van der Waals surface area contributed by atoms with Gasteiger partial charge < -0.3 is 15.1 Å². The zero-order valence-corrected chi connectivity index (χ0v) is 13.5. The highest BCUT2D eigenvalue weighted by molar-refractivity contribution is 7.15. The number of likely N-dealkylation sites (N-methyl/N-ethyl adjacent to an activating group) is 1. The lowest BCUT2D eigenvalue weighted by Crippen LogP contribution is -2.44. The quantitative estimate of drug-likeness (QED) is 0.923. The molecule has 1 aliphatic heterocycles. The summed E-state index contributed by atoms with van der Waals surface area (Å²) in [6, 6.07) is 0.496. The van der Waals surface area contributed by atoms with Crippen molar-refractivity contribution in [1.29, 1.82) is 0 Å². The average molecular weight is 294 g/mol. The summed E-state index contributed by atoms with van der Waals surface area (Å²) in [4.78, 5) is 11.4. The van der Waals surface area contributed by atoms with Crippen molar-refractivity contribution in [3.63, 3.8) is 0 Å². The number of hydrogen-bond donors (Lipinski definition) is 1. The third kappa shape index (κ3) is 3.00. The first-order valence-electron chi connectivity index (χ1n) is 7.94. The molecule has 1 aliphatic carbocycles. The van der Waals surface area contributed by atoms with Crippen LogP contribution in [0.2, 0.25) is 0 Å². The first-order chi connectivity index (χ1) is 9.78. The number of fused-ring (bicyclic) bond motifs is 1. The van der Waals surface area contributed by atoms with Gasteiger partial charge in [-0.05, 0) is 39.3 Å². The Morgan fingerprint density at radius 3 is 2.85 bits per heavy atom. The summed E-state index contributed by atoms with van der Waals surface area (Å²) in [5.74, 6) is 0. The van der Waals surface area contributed by atoms with E-state index in [1.54, 1.807) is 0 Å². The Labute approximate surface area is 126 Å². The summed E-state index contributed by atoms with van der Waals surface area (Å²) in [6.45, 7) is 7.88. The van der Waals surface area contributed by atoms with Gasteiger partial charge in [0.25, 0.3) is 0 Å². The van der Waals surface area contributed by atoms with Crippen LogP contribution in [-0.4, -0.2) is 49.7 Å². The van der Waals surface area contributed by atoms with Crippen molar-refractivity contribution >= 4 is 16.5 Å². The summed E-state index contributed by atoms with van der Waals surface area (Å²) >= 11 is 1.94. The van der Waals surface area contributed by atoms with Crippen LogP contribution < -0.4 is 10.2 Å². The predicted molar refractivity (Wildman–Crippen MR) is 85.8 cm³/mol. The van der Waals surface area contributed by atoms with E-state index in [0.29, 0.717) is 6.04 Å². The molecule has 1 N–H and O–H groups in total. The minimum atomic E-state index is 0.496. The third-order valence-electron chi connectivity index (χ3n) is 4.36. The molecule has 0 aromatic carbocycles. The standard InChI is InChI=1S/C15H26N4S/c1-3-7-16-12-5-4-6-13-14(12)17-15(20-13)19-10-8-18(2)9-11-19/h12,16H,3-11H2,1-2H3. The molecule has 1 aromatic rings. The Morgan fingerprint density at radius 1 is 1.30 bits per heavy atom. The largest absolute Gasteiger partial charge is 0.346 e. The molecule has 112 valence electrons. The fraction of sp³-hybridized carbons (Fsp3) is 0.800. The number of nitrogens with zero attached hydrogens (tertiary/aromatic N) is 3. The number of thiazole rings is 1. The lowest BCUT2D eigenvalue weighted by Gasteiger charge is -2.32. The van der Waals surface area contributed by atoms with Gasteiger partial charge in [0.05, 0.1) is 11.7 Å². The molecule has 4 nitrogen and oxygen atoms in total. The molecular weight excluding hydrogens is 268 g/mol. The Hall–Kier alpha value is -0.650. The molecule has 2 aliphatic rings. The maximum absolute atomic E-state index is 5.00. The molecule has 2 heterocycles. The van der Waals surface area contributed by atoms with Gasteiger partial charge in [0.1, 0.15) is 0 Å². The number of aromatic nitrogens is 1. The van der Waals surface area contributed by atoms with Gasteiger partial charge in [-0.2, -0.15) is 0 Å². The SMILES string of the molecule is CCCNC1CCCc2sc(N3CCN(C)CC3)nc21. The molecule has 1 unspecified atom stereocenters. The average Bonchev–Trinajstić information content (AvgIpc) is 2.90. The van der Waals surface area contributed by atoms with E-state index in [9.17, 15) is 0 Å². The van der Waals surface area contributed by atoms with Crippen molar-refractivity contribution < 1.29 is 0 Å². The Kier molecular flexibility index (Phi) is 4.58. The lowest BCUT2D eigenvalue weighted by atomic mass is 9.97. The molecule has 0 bridgehead atoms. The zero-order valence-electron chi connectivity index (χ0n) is 12.7. The fourth-order valence-corrected chi connectivity index (χ4v) is 4.27. The second kappa shape index (κ2) is 6.41. The van der Waals surface area contributed by atoms with E-state index in [0.717, 1.165) is 32.7 Å². The van der Waals surface area contributed by atoms with Gasteiger partial charge in [-0.15, -0.1) is 11.3 Å². The summed E-state index contributed by atoms with van der Waals surface area (Å²) in [7, 11) is 2.20. The Bertz CT molecular complexity index is 437. The molecule has 1 aromatic heterocycles. The number of rotatable bonds is 4. The molecule has 1 fully saturated rings. The van der Waals surface area contributed by atoms with E-state index < -0.39 is 0 Å². The van der Waals surface area contributed by atoms with E-state index >= 15 is 0 Å². The summed E-state index contributed by atoms with van der Waals surface area (Å²) in [6.07, 6.45) is 4.98. The minimum absolute atomic E-state index is 0.496. The van der Waals surface area contributed by atoms with Gasteiger partial charge in [-0.1, -0.05) is 6.92 Å². The van der Waals surface area contributed by atoms with Crippen LogP contribution in [0.1, 0.15) is 42.8 Å². The van der Waals surface area contributed by atoms with Crippen LogP contribution in [0.25, 0.3) is 0 Å². The normalized spacial score (nSPS) is 23.9. The van der Waals surface area contributed by atoms with Crippen molar-refractivity contribution in [2.24, 2.45) is 0 Å². The number of hydrogen-bond acceptors (Lipinski definition) is 5. The molecule has 1 atom stereocenters. The highest BCUT2D eigenvalue weighted by Crippen LogP contribution is 2.36. The minimum Gasteiger partial charge on any atom is -0.346 e. The van der Waals surface area contributed by atoms with E-state index in [4.69, 9.17) is 4.98 Å². The van der Waals surface area contributed by atoms with Crippen LogP contribution >= 0.6 is 11.3 Å². The molecular formula is C15H26N4S. The van der Waals surface area contributed by atoms with Crippen molar-refractivity contribution in [2.75, 3.05) is 44.7 Å². The van der Waals surface area contributed by atoms with Crippen LogP contribution in [0.15, 0.2) is 0 Å². The number of aryl methyl sites for hydroxylation is 1. The smallest absolute Gasteiger partial charge is 0.185 e. The zero-order chi connectivity index (χ0) is 13.9. The predicted octanol–water partition coefficient (Wildman–Crippen LogP) is 2.27. The van der Waals surface area contributed by atoms with Crippen molar-refractivity contribution in [3.8, 4) is 0 Å². The molecule has 5 heteroatoms. The molecule has 0 saturated carbocycles. The van der Waals surface area contributed by atoms with Crippen LogP contribution in [0.5, 0.6) is 0 Å². The summed E-state index contributed by atoms with van der Waals surface area (Å²) in [5, 5.41) is 4.93. The maximum Gasteiger partial charge on any atom is 0.185 e. The van der Waals surface area contributed by atoms with Crippen molar-refractivity contribution in [2.45, 2.75) is 38.6 Å². The first-order valence-corrected chi connectivity index (χ1v) is 8.76. The Balaban J connectivity index is 1.73. The molecule has 0 spiro atoms. The van der Waals surface area contributed by atoms with E-state index in [2.05, 4.69) is 29.1 Å². The van der Waals surface area contributed by atoms with Gasteiger partial charge in [-0.25, -0.2) is 4.98 Å². The van der Waals surface area contributed by atoms with Gasteiger partial charge in [0, 0.05) is 31.1 Å². The third-order valence-corrected chi connectivity index (χ3v) is 5.55. The van der Waals surface area contributed by atoms with Gasteiger partial charge in [-0.3, -0.25) is 0 Å². The van der Waals surface area contributed by atoms with Crippen LogP contribution in [0.4, 0.5) is 5.13 Å². The van der Waals surface area contributed by atoms with Gasteiger partial charge >= 0.3 is 0 Å². The Morgan fingerprint density at radius 2 is 2.10 bits per heavy atom. The number of nitrogens with one attached hydrogen (secondary N) is 1. The first kappa shape index (κ1) is 14.3. The lowest BCUT2D eigenvalue weighted by molar-refractivity contribution is 0.312. The highest BCUT2D eigenvalue weighted by atomic mass is 32.1. The topological polar surface area (TPSA) is 31.4 Å². The number of anilines is 1. The monoisotopic (exact) mass is 294 g/mol. The van der Waals surface area contributed by atoms with Crippen molar-refractivity contribution in [1.82, 2.24) is 15.2 Å². The number of piperazine rings is 1. The van der Waals surface area contributed by atoms with Crippen molar-refractivity contribution in [3.05, 3.63) is 10.6 Å². The van der Waals surface area contributed by atoms with E-state index in [-0.39, 0.29) is 0 Å². The maximum atomic E-state index is 5.00. The fourth-order valence-electron chi connectivity index (χ4n) is 3.06. The van der Waals surface area contributed by atoms with Gasteiger partial charge in [0.2, 0.25) is 0 Å². The molecule has 3 rings (SSSR count). The highest BCUT2D eigenvalue weighted by Gasteiger charge is 2.26. The molecule has 0 radical (unpaired) electrons. The van der Waals surface area contributed by atoms with Gasteiger partial charge in [0.15, 0.2) is 5.13 Å². The summed E-state index contributed by atoms with van der Waals surface area (Å²) < 4.78 is 0. The second-order valence-electron chi connectivity index (χ2n) is 5.99. The van der Waals surface area contributed by atoms with Crippen LogP contribution in [-0.2, 0) is 6.42 Å². The summed E-state index contributed by atoms with van der Waals surface area (Å²) in [5.41, 5.74) is 1.35. The van der Waals surface area contributed by atoms with Crippen LogP contribution in [0.3, 0.4) is 0 Å². The van der Waals surface area contributed by atoms with E-state index in [1.165, 1.54) is 41.4 Å². The van der Waals surface area contributed by atoms with Crippen LogP contribution in [0, 0.1) is 0 Å². The molecule has 1 saturated heterocycles. The molecule has 20 heavy (non-hydrogen) atoms. The van der Waals surface area contributed by atoms with E-state index in [1.807, 2.05) is 11.3 Å². The second-order valence-corrected chi connectivity index (χ2v) is 7.06.